The van der Waals surface area contributed by atoms with Crippen molar-refractivity contribution in [3.8, 4) is 0 Å². The van der Waals surface area contributed by atoms with Crippen molar-refractivity contribution in [3.63, 3.8) is 0 Å². The summed E-state index contributed by atoms with van der Waals surface area (Å²) >= 11 is 0. The van der Waals surface area contributed by atoms with Crippen molar-refractivity contribution in [3.05, 3.63) is 0 Å². The monoisotopic (exact) mass is 238 g/mol. The first-order valence-corrected chi connectivity index (χ1v) is 6.71. The molecule has 0 aromatic carbocycles. The van der Waals surface area contributed by atoms with Gasteiger partial charge in [0.2, 0.25) is 11.8 Å². The van der Waals surface area contributed by atoms with Crippen LogP contribution in [0.4, 0.5) is 0 Å². The maximum atomic E-state index is 12.4. The van der Waals surface area contributed by atoms with Gasteiger partial charge < -0.3 is 10.2 Å². The van der Waals surface area contributed by atoms with Crippen LogP contribution in [0.2, 0.25) is 0 Å². The lowest BCUT2D eigenvalue weighted by Gasteiger charge is -2.40. The molecule has 1 saturated carbocycles. The summed E-state index contributed by atoms with van der Waals surface area (Å²) in [6.07, 6.45) is 3.06. The maximum Gasteiger partial charge on any atom is 0.246 e. The van der Waals surface area contributed by atoms with Crippen LogP contribution in [-0.2, 0) is 9.59 Å². The van der Waals surface area contributed by atoms with Crippen LogP contribution in [0.3, 0.4) is 0 Å². The molecule has 0 spiro atoms. The summed E-state index contributed by atoms with van der Waals surface area (Å²) in [5.41, 5.74) is 0. The molecular weight excluding hydrogens is 216 g/mol. The Balaban J connectivity index is 2.17. The lowest BCUT2D eigenvalue weighted by atomic mass is 9.93. The van der Waals surface area contributed by atoms with Crippen molar-refractivity contribution in [1.29, 1.82) is 0 Å². The standard InChI is InChI=1S/C13H22N2O2/c1-4-8(3)10-13(17)15(5-2)11(9-6-7-9)12(16)14-10/h8-11H,4-7H2,1-3H3,(H,14,16). The van der Waals surface area contributed by atoms with Crippen LogP contribution in [-0.4, -0.2) is 35.3 Å². The minimum Gasteiger partial charge on any atom is -0.342 e. The molecule has 1 aliphatic heterocycles. The van der Waals surface area contributed by atoms with Crippen LogP contribution >= 0.6 is 0 Å². The number of nitrogens with one attached hydrogen (secondary N) is 1. The lowest BCUT2D eigenvalue weighted by molar-refractivity contribution is -0.151. The van der Waals surface area contributed by atoms with Gasteiger partial charge in [-0.05, 0) is 31.6 Å². The third kappa shape index (κ3) is 2.17. The molecule has 0 bridgehead atoms. The number of carbonyl (C=O) groups is 2. The topological polar surface area (TPSA) is 49.4 Å². The highest BCUT2D eigenvalue weighted by Gasteiger charge is 2.47. The van der Waals surface area contributed by atoms with E-state index in [2.05, 4.69) is 5.32 Å². The molecule has 1 N–H and O–H groups in total. The zero-order valence-corrected chi connectivity index (χ0v) is 10.9. The maximum absolute atomic E-state index is 12.4. The van der Waals surface area contributed by atoms with Gasteiger partial charge in [-0.1, -0.05) is 20.3 Å². The van der Waals surface area contributed by atoms with Crippen molar-refractivity contribution in [1.82, 2.24) is 10.2 Å². The number of likely N-dealkylation sites (N-methyl/N-ethyl adjacent to an activating group) is 1. The Labute approximate surface area is 103 Å². The zero-order chi connectivity index (χ0) is 12.6. The van der Waals surface area contributed by atoms with E-state index in [4.69, 9.17) is 0 Å². The van der Waals surface area contributed by atoms with Crippen LogP contribution < -0.4 is 5.32 Å². The van der Waals surface area contributed by atoms with Crippen LogP contribution in [0.25, 0.3) is 0 Å². The highest BCUT2D eigenvalue weighted by molar-refractivity contribution is 5.97. The summed E-state index contributed by atoms with van der Waals surface area (Å²) in [6.45, 7) is 6.67. The van der Waals surface area contributed by atoms with Gasteiger partial charge >= 0.3 is 0 Å². The first-order valence-electron chi connectivity index (χ1n) is 6.71. The Morgan fingerprint density at radius 3 is 2.47 bits per heavy atom. The van der Waals surface area contributed by atoms with Crippen molar-refractivity contribution in [2.75, 3.05) is 6.54 Å². The van der Waals surface area contributed by atoms with E-state index in [1.165, 1.54) is 0 Å². The van der Waals surface area contributed by atoms with Gasteiger partial charge in [-0.3, -0.25) is 9.59 Å². The quantitative estimate of drug-likeness (QED) is 0.799. The van der Waals surface area contributed by atoms with E-state index in [9.17, 15) is 9.59 Å². The highest BCUT2D eigenvalue weighted by atomic mass is 16.2. The summed E-state index contributed by atoms with van der Waals surface area (Å²) in [4.78, 5) is 26.3. The normalized spacial score (nSPS) is 31.4. The van der Waals surface area contributed by atoms with Gasteiger partial charge in [0, 0.05) is 6.54 Å². The molecule has 17 heavy (non-hydrogen) atoms. The van der Waals surface area contributed by atoms with Crippen molar-refractivity contribution in [2.45, 2.75) is 52.1 Å². The zero-order valence-electron chi connectivity index (χ0n) is 10.9. The van der Waals surface area contributed by atoms with Crippen LogP contribution in [0.1, 0.15) is 40.0 Å². The summed E-state index contributed by atoms with van der Waals surface area (Å²) in [7, 11) is 0. The number of piperazine rings is 1. The second-order valence-electron chi connectivity index (χ2n) is 5.28. The first-order chi connectivity index (χ1) is 8.10. The van der Waals surface area contributed by atoms with E-state index < -0.39 is 0 Å². The number of rotatable bonds is 4. The number of carbonyl (C=O) groups excluding carboxylic acids is 2. The van der Waals surface area contributed by atoms with E-state index >= 15 is 0 Å². The smallest absolute Gasteiger partial charge is 0.246 e. The van der Waals surface area contributed by atoms with Crippen LogP contribution in [0.5, 0.6) is 0 Å². The molecule has 2 amide bonds. The van der Waals surface area contributed by atoms with Gasteiger partial charge in [-0.15, -0.1) is 0 Å². The molecule has 4 heteroatoms. The minimum atomic E-state index is -0.317. The Bertz CT molecular complexity index is 325. The molecule has 2 fully saturated rings. The molecule has 4 nitrogen and oxygen atoms in total. The lowest BCUT2D eigenvalue weighted by Crippen LogP contribution is -2.65. The molecule has 0 radical (unpaired) electrons. The van der Waals surface area contributed by atoms with Gasteiger partial charge in [-0.25, -0.2) is 0 Å². The largest absolute Gasteiger partial charge is 0.342 e. The first kappa shape index (κ1) is 12.4. The molecule has 2 aliphatic rings. The summed E-state index contributed by atoms with van der Waals surface area (Å²) in [6, 6.07) is -0.518. The third-order valence-corrected chi connectivity index (χ3v) is 4.07. The summed E-state index contributed by atoms with van der Waals surface area (Å²) in [5.74, 6) is 0.773. The molecule has 1 heterocycles. The van der Waals surface area contributed by atoms with Crippen molar-refractivity contribution < 1.29 is 9.59 Å². The fourth-order valence-corrected chi connectivity index (χ4v) is 2.61. The molecule has 0 aromatic rings. The van der Waals surface area contributed by atoms with Gasteiger partial charge in [0.05, 0.1) is 0 Å². The Hall–Kier alpha value is -1.06. The highest BCUT2D eigenvalue weighted by Crippen LogP contribution is 2.37. The van der Waals surface area contributed by atoms with E-state index in [-0.39, 0.29) is 29.8 Å². The van der Waals surface area contributed by atoms with E-state index in [0.717, 1.165) is 19.3 Å². The molecule has 2 rings (SSSR count). The number of amides is 2. The number of hydrogen-bond acceptors (Lipinski definition) is 2. The van der Waals surface area contributed by atoms with Crippen LogP contribution in [0, 0.1) is 11.8 Å². The van der Waals surface area contributed by atoms with E-state index in [1.807, 2.05) is 20.8 Å². The van der Waals surface area contributed by atoms with E-state index in [0.29, 0.717) is 12.5 Å². The molecule has 96 valence electrons. The van der Waals surface area contributed by atoms with Gasteiger partial charge in [0.15, 0.2) is 0 Å². The predicted molar refractivity (Wildman–Crippen MR) is 65.3 cm³/mol. The van der Waals surface area contributed by atoms with E-state index in [1.54, 1.807) is 4.90 Å². The fraction of sp³-hybridized carbons (Fsp3) is 0.846. The SMILES string of the molecule is CCC(C)C1NC(=O)C(C2CC2)N(CC)C1=O. The van der Waals surface area contributed by atoms with Crippen molar-refractivity contribution in [2.24, 2.45) is 11.8 Å². The van der Waals surface area contributed by atoms with Crippen LogP contribution in [0.15, 0.2) is 0 Å². The van der Waals surface area contributed by atoms with Gasteiger partial charge in [0.25, 0.3) is 0 Å². The number of nitrogens with zero attached hydrogens (tertiary/aromatic N) is 1. The second kappa shape index (κ2) is 4.67. The fourth-order valence-electron chi connectivity index (χ4n) is 2.61. The molecule has 1 aliphatic carbocycles. The van der Waals surface area contributed by atoms with Crippen molar-refractivity contribution >= 4 is 11.8 Å². The van der Waals surface area contributed by atoms with Gasteiger partial charge in [-0.2, -0.15) is 0 Å². The Morgan fingerprint density at radius 2 is 2.00 bits per heavy atom. The molecule has 0 aromatic heterocycles. The molecule has 1 saturated heterocycles. The summed E-state index contributed by atoms with van der Waals surface area (Å²) in [5, 5.41) is 2.92. The van der Waals surface area contributed by atoms with Gasteiger partial charge in [0.1, 0.15) is 12.1 Å². The Kier molecular flexibility index (Phi) is 3.40. The predicted octanol–water partition coefficient (Wildman–Crippen LogP) is 1.16. The third-order valence-electron chi connectivity index (χ3n) is 4.07. The number of hydrogen-bond donors (Lipinski definition) is 1. The molecular formula is C13H22N2O2. The summed E-state index contributed by atoms with van der Waals surface area (Å²) < 4.78 is 0. The molecule has 3 unspecified atom stereocenters. The minimum absolute atomic E-state index is 0.0549. The average Bonchev–Trinajstić information content (AvgIpc) is 3.14. The average molecular weight is 238 g/mol. The second-order valence-corrected chi connectivity index (χ2v) is 5.28. The molecule has 3 atom stereocenters. The Morgan fingerprint density at radius 1 is 1.35 bits per heavy atom.